The zero-order chi connectivity index (χ0) is 15.1. The van der Waals surface area contributed by atoms with Crippen molar-refractivity contribution >= 4 is 27.7 Å². The highest BCUT2D eigenvalue weighted by atomic mass is 79.9. The first-order valence-corrected chi connectivity index (χ1v) is 7.08. The fraction of sp³-hybridized carbons (Fsp3) is 0.429. The molecule has 1 aromatic rings. The lowest BCUT2D eigenvalue weighted by molar-refractivity contribution is -0.155. The molecule has 6 heteroatoms. The third-order valence-corrected chi connectivity index (χ3v) is 3.94. The molecule has 1 aliphatic rings. The van der Waals surface area contributed by atoms with E-state index in [1.165, 1.54) is 17.0 Å². The first-order valence-electron chi connectivity index (χ1n) is 6.29. The van der Waals surface area contributed by atoms with Crippen molar-refractivity contribution in [1.29, 1.82) is 0 Å². The molecule has 1 atom stereocenters. The number of nitrogens with zero attached hydrogens (tertiary/aromatic N) is 1. The third-order valence-electron chi connectivity index (χ3n) is 3.48. The fourth-order valence-corrected chi connectivity index (χ4v) is 2.74. The number of hydrogen-bond acceptors (Lipinski definition) is 2. The molecule has 0 saturated carbocycles. The van der Waals surface area contributed by atoms with E-state index in [2.05, 4.69) is 21.2 Å². The number of rotatable bonds is 2. The quantitative estimate of drug-likeness (QED) is 0.895. The SMILES string of the molecule is CC1NC(=O)C(C)(C)N(Cc2cc(F)cc(Br)c2)C1=O. The predicted molar refractivity (Wildman–Crippen MR) is 76.3 cm³/mol. The normalized spacial score (nSPS) is 21.9. The standard InChI is InChI=1S/C14H16BrFN2O2/c1-8-12(19)18(14(2,3)13(20)17-8)7-9-4-10(15)6-11(16)5-9/h4-6,8H,7H2,1-3H3,(H,17,20). The van der Waals surface area contributed by atoms with Gasteiger partial charge in [0.25, 0.3) is 0 Å². The molecule has 1 N–H and O–H groups in total. The molecule has 1 unspecified atom stereocenters. The van der Waals surface area contributed by atoms with E-state index in [-0.39, 0.29) is 24.2 Å². The van der Waals surface area contributed by atoms with Crippen molar-refractivity contribution in [1.82, 2.24) is 10.2 Å². The fourth-order valence-electron chi connectivity index (χ4n) is 2.23. The van der Waals surface area contributed by atoms with Crippen LogP contribution in [-0.2, 0) is 16.1 Å². The first-order chi connectivity index (χ1) is 9.21. The molecule has 108 valence electrons. The second kappa shape index (κ2) is 5.16. The molecule has 4 nitrogen and oxygen atoms in total. The number of carbonyl (C=O) groups excluding carboxylic acids is 2. The van der Waals surface area contributed by atoms with Crippen LogP contribution in [-0.4, -0.2) is 28.3 Å². The van der Waals surface area contributed by atoms with Crippen LogP contribution in [0.1, 0.15) is 26.3 Å². The minimum absolute atomic E-state index is 0.171. The Labute approximate surface area is 125 Å². The van der Waals surface area contributed by atoms with Crippen LogP contribution in [0.25, 0.3) is 0 Å². The Morgan fingerprint density at radius 2 is 2.00 bits per heavy atom. The van der Waals surface area contributed by atoms with Gasteiger partial charge < -0.3 is 10.2 Å². The predicted octanol–water partition coefficient (Wildman–Crippen LogP) is 2.21. The monoisotopic (exact) mass is 342 g/mol. The van der Waals surface area contributed by atoms with Gasteiger partial charge in [0, 0.05) is 11.0 Å². The highest BCUT2D eigenvalue weighted by Crippen LogP contribution is 2.25. The maximum Gasteiger partial charge on any atom is 0.246 e. The Morgan fingerprint density at radius 3 is 2.60 bits per heavy atom. The van der Waals surface area contributed by atoms with Gasteiger partial charge in [0.2, 0.25) is 11.8 Å². The Kier molecular flexibility index (Phi) is 3.86. The van der Waals surface area contributed by atoms with Gasteiger partial charge in [0.05, 0.1) is 0 Å². The Bertz CT molecular complexity index is 554. The highest BCUT2D eigenvalue weighted by Gasteiger charge is 2.44. The van der Waals surface area contributed by atoms with Crippen molar-refractivity contribution in [3.8, 4) is 0 Å². The summed E-state index contributed by atoms with van der Waals surface area (Å²) in [4.78, 5) is 25.8. The summed E-state index contributed by atoms with van der Waals surface area (Å²) >= 11 is 3.22. The van der Waals surface area contributed by atoms with Gasteiger partial charge in [-0.2, -0.15) is 0 Å². The summed E-state index contributed by atoms with van der Waals surface area (Å²) in [5.74, 6) is -0.760. The number of benzene rings is 1. The van der Waals surface area contributed by atoms with Crippen molar-refractivity contribution in [3.05, 3.63) is 34.1 Å². The van der Waals surface area contributed by atoms with E-state index < -0.39 is 11.6 Å². The summed E-state index contributed by atoms with van der Waals surface area (Å²) in [5, 5.41) is 2.64. The van der Waals surface area contributed by atoms with Gasteiger partial charge in [-0.1, -0.05) is 15.9 Å². The largest absolute Gasteiger partial charge is 0.343 e. The van der Waals surface area contributed by atoms with Crippen LogP contribution in [0, 0.1) is 5.82 Å². The Balaban J connectivity index is 2.33. The molecule has 1 aliphatic heterocycles. The molecule has 0 radical (unpaired) electrons. The third kappa shape index (κ3) is 2.70. The molecule has 1 aromatic carbocycles. The summed E-state index contributed by atoms with van der Waals surface area (Å²) in [5.41, 5.74) is -0.317. The number of hydrogen-bond donors (Lipinski definition) is 1. The van der Waals surface area contributed by atoms with E-state index in [1.54, 1.807) is 26.8 Å². The molecule has 0 bridgehead atoms. The van der Waals surface area contributed by atoms with E-state index in [0.29, 0.717) is 10.0 Å². The molecular weight excluding hydrogens is 327 g/mol. The zero-order valence-electron chi connectivity index (χ0n) is 11.5. The van der Waals surface area contributed by atoms with Gasteiger partial charge in [-0.15, -0.1) is 0 Å². The van der Waals surface area contributed by atoms with Crippen molar-refractivity contribution in [2.24, 2.45) is 0 Å². The van der Waals surface area contributed by atoms with E-state index in [0.717, 1.165) is 0 Å². The van der Waals surface area contributed by atoms with Gasteiger partial charge in [0.1, 0.15) is 17.4 Å². The summed E-state index contributed by atoms with van der Waals surface area (Å²) in [6.45, 7) is 5.20. The van der Waals surface area contributed by atoms with E-state index in [9.17, 15) is 14.0 Å². The Morgan fingerprint density at radius 1 is 1.35 bits per heavy atom. The molecule has 1 heterocycles. The van der Waals surface area contributed by atoms with Crippen molar-refractivity contribution in [3.63, 3.8) is 0 Å². The molecule has 1 saturated heterocycles. The lowest BCUT2D eigenvalue weighted by atomic mass is 9.95. The second-order valence-corrected chi connectivity index (χ2v) is 6.37. The van der Waals surface area contributed by atoms with Crippen molar-refractivity contribution < 1.29 is 14.0 Å². The number of piperazine rings is 1. The number of amides is 2. The summed E-state index contributed by atoms with van der Waals surface area (Å²) < 4.78 is 14.0. The average Bonchev–Trinajstić information content (AvgIpc) is 2.32. The topological polar surface area (TPSA) is 49.4 Å². The molecule has 0 aromatic heterocycles. The van der Waals surface area contributed by atoms with Gasteiger partial charge >= 0.3 is 0 Å². The maximum atomic E-state index is 13.4. The van der Waals surface area contributed by atoms with Gasteiger partial charge in [-0.25, -0.2) is 4.39 Å². The molecule has 1 fully saturated rings. The molecular formula is C14H16BrFN2O2. The van der Waals surface area contributed by atoms with Gasteiger partial charge in [-0.05, 0) is 44.5 Å². The number of carbonyl (C=O) groups is 2. The lowest BCUT2D eigenvalue weighted by Crippen LogP contribution is -2.67. The molecule has 2 rings (SSSR count). The van der Waals surface area contributed by atoms with Crippen molar-refractivity contribution in [2.75, 3.05) is 0 Å². The number of nitrogens with one attached hydrogen (secondary N) is 1. The minimum Gasteiger partial charge on any atom is -0.343 e. The van der Waals surface area contributed by atoms with Crippen LogP contribution >= 0.6 is 15.9 Å². The second-order valence-electron chi connectivity index (χ2n) is 5.46. The molecule has 0 spiro atoms. The van der Waals surface area contributed by atoms with Gasteiger partial charge in [-0.3, -0.25) is 9.59 Å². The van der Waals surface area contributed by atoms with Crippen LogP contribution < -0.4 is 5.32 Å². The smallest absolute Gasteiger partial charge is 0.246 e. The average molecular weight is 343 g/mol. The van der Waals surface area contributed by atoms with E-state index >= 15 is 0 Å². The molecule has 2 amide bonds. The lowest BCUT2D eigenvalue weighted by Gasteiger charge is -2.43. The Hall–Kier alpha value is -1.43. The number of halogens is 2. The van der Waals surface area contributed by atoms with Crippen LogP contribution in [0.3, 0.4) is 0 Å². The van der Waals surface area contributed by atoms with Gasteiger partial charge in [0.15, 0.2) is 0 Å². The van der Waals surface area contributed by atoms with E-state index in [4.69, 9.17) is 0 Å². The van der Waals surface area contributed by atoms with Crippen LogP contribution in [0.4, 0.5) is 4.39 Å². The molecule has 0 aliphatic carbocycles. The van der Waals surface area contributed by atoms with Crippen LogP contribution in [0.2, 0.25) is 0 Å². The zero-order valence-corrected chi connectivity index (χ0v) is 13.1. The molecule has 20 heavy (non-hydrogen) atoms. The summed E-state index contributed by atoms with van der Waals surface area (Å²) in [6, 6.07) is 3.89. The van der Waals surface area contributed by atoms with Crippen LogP contribution in [0.15, 0.2) is 22.7 Å². The minimum atomic E-state index is -0.956. The first kappa shape index (κ1) is 15.0. The van der Waals surface area contributed by atoms with Crippen molar-refractivity contribution in [2.45, 2.75) is 38.9 Å². The van der Waals surface area contributed by atoms with Crippen LogP contribution in [0.5, 0.6) is 0 Å². The summed E-state index contributed by atoms with van der Waals surface area (Å²) in [7, 11) is 0. The highest BCUT2D eigenvalue weighted by molar-refractivity contribution is 9.10. The van der Waals surface area contributed by atoms with E-state index in [1.807, 2.05) is 0 Å². The maximum absolute atomic E-state index is 13.4. The summed E-state index contributed by atoms with van der Waals surface area (Å²) in [6.07, 6.45) is 0.